The lowest BCUT2D eigenvalue weighted by atomic mass is 10.2. The second-order valence-electron chi connectivity index (χ2n) is 6.17. The van der Waals surface area contributed by atoms with Gasteiger partial charge in [-0.3, -0.25) is 4.79 Å². The van der Waals surface area contributed by atoms with Crippen LogP contribution >= 0.6 is 34.9 Å². The molecule has 30 heavy (non-hydrogen) atoms. The number of aromatic nitrogens is 2. The van der Waals surface area contributed by atoms with Crippen LogP contribution in [-0.2, 0) is 10.5 Å². The molecule has 2 heterocycles. The summed E-state index contributed by atoms with van der Waals surface area (Å²) in [6.07, 6.45) is 0. The lowest BCUT2D eigenvalue weighted by Crippen LogP contribution is -2.17. The lowest BCUT2D eigenvalue weighted by molar-refractivity contribution is -0.113. The predicted molar refractivity (Wildman–Crippen MR) is 119 cm³/mol. The van der Waals surface area contributed by atoms with Crippen LogP contribution in [0.4, 0.5) is 5.69 Å². The van der Waals surface area contributed by atoms with E-state index in [1.165, 1.54) is 28.7 Å². The van der Waals surface area contributed by atoms with Crippen LogP contribution in [-0.4, -0.2) is 42.2 Å². The van der Waals surface area contributed by atoms with E-state index < -0.39 is 0 Å². The first-order valence-corrected chi connectivity index (χ1v) is 11.9. The van der Waals surface area contributed by atoms with E-state index in [-0.39, 0.29) is 11.7 Å². The molecule has 0 fully saturated rings. The molecule has 0 spiro atoms. The summed E-state index contributed by atoms with van der Waals surface area (Å²) in [6.45, 7) is 1.05. The van der Waals surface area contributed by atoms with Gasteiger partial charge in [0.15, 0.2) is 20.2 Å². The third-order valence-electron chi connectivity index (χ3n) is 4.06. The van der Waals surface area contributed by atoms with Gasteiger partial charge in [0.2, 0.25) is 5.91 Å². The van der Waals surface area contributed by atoms with Crippen molar-refractivity contribution in [2.24, 2.45) is 0 Å². The summed E-state index contributed by atoms with van der Waals surface area (Å²) in [5.41, 5.74) is 1.86. The summed E-state index contributed by atoms with van der Waals surface area (Å²) in [5, 5.41) is 11.2. The SMILES string of the molecule is COc1ccc(CSc2nnc(SCC(=O)Nc3ccc4c(c3)OCCO4)s2)cc1. The van der Waals surface area contributed by atoms with Crippen molar-refractivity contribution in [1.82, 2.24) is 10.2 Å². The highest BCUT2D eigenvalue weighted by Gasteiger charge is 2.14. The number of hydrogen-bond acceptors (Lipinski definition) is 9. The van der Waals surface area contributed by atoms with Crippen LogP contribution in [0.3, 0.4) is 0 Å². The second-order valence-corrected chi connectivity index (χ2v) is 9.59. The molecule has 7 nitrogen and oxygen atoms in total. The van der Waals surface area contributed by atoms with Crippen molar-refractivity contribution < 1.29 is 19.0 Å². The number of fused-ring (bicyclic) bond motifs is 1. The Bertz CT molecular complexity index is 1010. The van der Waals surface area contributed by atoms with Crippen molar-refractivity contribution >= 4 is 46.5 Å². The molecule has 1 amide bonds. The van der Waals surface area contributed by atoms with Gasteiger partial charge in [0.1, 0.15) is 19.0 Å². The molecule has 2 aromatic carbocycles. The highest BCUT2D eigenvalue weighted by molar-refractivity contribution is 8.03. The van der Waals surface area contributed by atoms with E-state index in [1.54, 1.807) is 37.1 Å². The number of anilines is 1. The molecule has 0 saturated heterocycles. The molecule has 0 radical (unpaired) electrons. The first-order chi connectivity index (χ1) is 14.7. The van der Waals surface area contributed by atoms with E-state index in [0.29, 0.717) is 30.4 Å². The number of thioether (sulfide) groups is 2. The first kappa shape index (κ1) is 20.8. The average Bonchev–Trinajstić information content (AvgIpc) is 3.24. The molecule has 0 bridgehead atoms. The van der Waals surface area contributed by atoms with Gasteiger partial charge in [-0.25, -0.2) is 0 Å². The zero-order valence-electron chi connectivity index (χ0n) is 16.1. The first-order valence-electron chi connectivity index (χ1n) is 9.11. The Hall–Kier alpha value is -2.43. The monoisotopic (exact) mass is 461 g/mol. The quantitative estimate of drug-likeness (QED) is 0.496. The largest absolute Gasteiger partial charge is 0.497 e. The molecular weight excluding hydrogens is 442 g/mol. The molecule has 0 aliphatic carbocycles. The normalized spacial score (nSPS) is 12.4. The molecule has 10 heteroatoms. The standard InChI is InChI=1S/C20H19N3O4S3/c1-25-15-5-2-13(3-6-15)11-28-19-22-23-20(30-19)29-12-18(24)21-14-4-7-16-17(10-14)27-9-8-26-16/h2-7,10H,8-9,11-12H2,1H3,(H,21,24). The molecule has 156 valence electrons. The minimum Gasteiger partial charge on any atom is -0.497 e. The van der Waals surface area contributed by atoms with Crippen LogP contribution in [0.1, 0.15) is 5.56 Å². The number of nitrogens with one attached hydrogen (secondary N) is 1. The van der Waals surface area contributed by atoms with Crippen LogP contribution in [0.5, 0.6) is 17.2 Å². The summed E-state index contributed by atoms with van der Waals surface area (Å²) in [4.78, 5) is 12.3. The van der Waals surface area contributed by atoms with Gasteiger partial charge >= 0.3 is 0 Å². The maximum absolute atomic E-state index is 12.3. The van der Waals surface area contributed by atoms with Crippen molar-refractivity contribution in [1.29, 1.82) is 0 Å². The Balaban J connectivity index is 1.24. The molecule has 0 unspecified atom stereocenters. The van der Waals surface area contributed by atoms with E-state index in [9.17, 15) is 4.79 Å². The van der Waals surface area contributed by atoms with Crippen LogP contribution in [0.15, 0.2) is 51.1 Å². The number of carbonyl (C=O) groups excluding carboxylic acids is 1. The summed E-state index contributed by atoms with van der Waals surface area (Å²) in [5.74, 6) is 3.13. The van der Waals surface area contributed by atoms with Crippen LogP contribution in [0, 0.1) is 0 Å². The minimum absolute atomic E-state index is 0.112. The van der Waals surface area contributed by atoms with Crippen molar-refractivity contribution in [2.45, 2.75) is 14.4 Å². The van der Waals surface area contributed by atoms with E-state index in [4.69, 9.17) is 14.2 Å². The number of rotatable bonds is 8. The van der Waals surface area contributed by atoms with Crippen molar-refractivity contribution in [3.8, 4) is 17.2 Å². The fourth-order valence-electron chi connectivity index (χ4n) is 2.63. The fraction of sp³-hybridized carbons (Fsp3) is 0.250. The van der Waals surface area contributed by atoms with E-state index in [2.05, 4.69) is 15.5 Å². The Kier molecular flexibility index (Phi) is 6.98. The lowest BCUT2D eigenvalue weighted by Gasteiger charge is -2.18. The summed E-state index contributed by atoms with van der Waals surface area (Å²) >= 11 is 4.48. The van der Waals surface area contributed by atoms with E-state index in [1.807, 2.05) is 24.3 Å². The number of benzene rings is 2. The summed E-state index contributed by atoms with van der Waals surface area (Å²) in [6, 6.07) is 13.3. The van der Waals surface area contributed by atoms with Crippen LogP contribution in [0.2, 0.25) is 0 Å². The molecule has 1 aromatic heterocycles. The Morgan fingerprint density at radius 3 is 2.57 bits per heavy atom. The number of nitrogens with zero attached hydrogens (tertiary/aromatic N) is 2. The molecule has 0 saturated carbocycles. The average molecular weight is 462 g/mol. The van der Waals surface area contributed by atoms with Crippen molar-refractivity contribution in [3.05, 3.63) is 48.0 Å². The topological polar surface area (TPSA) is 82.6 Å². The zero-order chi connectivity index (χ0) is 20.8. The number of amides is 1. The smallest absolute Gasteiger partial charge is 0.234 e. The van der Waals surface area contributed by atoms with Gasteiger partial charge in [-0.15, -0.1) is 10.2 Å². The van der Waals surface area contributed by atoms with E-state index >= 15 is 0 Å². The number of methoxy groups -OCH3 is 1. The summed E-state index contributed by atoms with van der Waals surface area (Å²) in [7, 11) is 1.65. The highest BCUT2D eigenvalue weighted by atomic mass is 32.2. The van der Waals surface area contributed by atoms with Gasteiger partial charge in [0.05, 0.1) is 12.9 Å². The molecule has 1 aliphatic rings. The van der Waals surface area contributed by atoms with Gasteiger partial charge in [-0.2, -0.15) is 0 Å². The number of ether oxygens (including phenoxy) is 3. The Labute approximate surface area is 186 Å². The summed E-state index contributed by atoms with van der Waals surface area (Å²) < 4.78 is 17.8. The highest BCUT2D eigenvalue weighted by Crippen LogP contribution is 2.33. The molecule has 3 aromatic rings. The van der Waals surface area contributed by atoms with Gasteiger partial charge in [0, 0.05) is 17.5 Å². The predicted octanol–water partition coefficient (Wildman–Crippen LogP) is 4.34. The zero-order valence-corrected chi connectivity index (χ0v) is 18.6. The fourth-order valence-corrected chi connectivity index (χ4v) is 5.40. The van der Waals surface area contributed by atoms with E-state index in [0.717, 1.165) is 20.2 Å². The maximum Gasteiger partial charge on any atom is 0.234 e. The van der Waals surface area contributed by atoms with Crippen LogP contribution < -0.4 is 19.5 Å². The number of hydrogen-bond donors (Lipinski definition) is 1. The molecular formula is C20H19N3O4S3. The van der Waals surface area contributed by atoms with Crippen LogP contribution in [0.25, 0.3) is 0 Å². The van der Waals surface area contributed by atoms with Gasteiger partial charge in [0.25, 0.3) is 0 Å². The Morgan fingerprint density at radius 1 is 1.07 bits per heavy atom. The van der Waals surface area contributed by atoms with Gasteiger partial charge < -0.3 is 19.5 Å². The minimum atomic E-state index is -0.112. The second kappa shape index (κ2) is 10.1. The molecule has 1 N–H and O–H groups in total. The molecule has 4 rings (SSSR count). The molecule has 1 aliphatic heterocycles. The Morgan fingerprint density at radius 2 is 1.80 bits per heavy atom. The van der Waals surface area contributed by atoms with Crippen molar-refractivity contribution in [3.63, 3.8) is 0 Å². The van der Waals surface area contributed by atoms with Gasteiger partial charge in [-0.1, -0.05) is 47.0 Å². The van der Waals surface area contributed by atoms with Gasteiger partial charge in [-0.05, 0) is 29.8 Å². The molecule has 0 atom stereocenters. The third-order valence-corrected chi connectivity index (χ3v) is 7.32. The number of carbonyl (C=O) groups is 1. The third kappa shape index (κ3) is 5.59. The van der Waals surface area contributed by atoms with Crippen molar-refractivity contribution in [2.75, 3.05) is 31.4 Å². The maximum atomic E-state index is 12.3.